The number of benzene rings is 1. The summed E-state index contributed by atoms with van der Waals surface area (Å²) in [5.41, 5.74) is 3.91. The molecule has 6 heteroatoms. The predicted molar refractivity (Wildman–Crippen MR) is 109 cm³/mol. The van der Waals surface area contributed by atoms with Crippen LogP contribution in [0.3, 0.4) is 0 Å². The van der Waals surface area contributed by atoms with E-state index in [1.165, 1.54) is 16.0 Å². The molecular formula is C19H21N3OS2. The molecule has 0 aliphatic rings. The van der Waals surface area contributed by atoms with Gasteiger partial charge in [0, 0.05) is 23.0 Å². The van der Waals surface area contributed by atoms with Crippen molar-refractivity contribution in [1.82, 2.24) is 15.2 Å². The topological polar surface area (TPSA) is 48.1 Å². The fourth-order valence-electron chi connectivity index (χ4n) is 2.79. The number of aromatic nitrogens is 1. The maximum Gasteiger partial charge on any atom is 0.253 e. The number of hydrogen-bond acceptors (Lipinski definition) is 3. The van der Waals surface area contributed by atoms with Crippen LogP contribution in [0.1, 0.15) is 21.6 Å². The summed E-state index contributed by atoms with van der Waals surface area (Å²) in [6, 6.07) is 10.2. The van der Waals surface area contributed by atoms with Gasteiger partial charge in [0.25, 0.3) is 5.56 Å². The van der Waals surface area contributed by atoms with E-state index in [9.17, 15) is 4.79 Å². The first-order valence-corrected chi connectivity index (χ1v) is 9.39. The van der Waals surface area contributed by atoms with Crippen molar-refractivity contribution in [2.24, 2.45) is 0 Å². The molecule has 0 saturated heterocycles. The fraction of sp³-hybridized carbons (Fsp3) is 0.263. The van der Waals surface area contributed by atoms with Crippen LogP contribution in [0.25, 0.3) is 10.9 Å². The maximum atomic E-state index is 12.5. The van der Waals surface area contributed by atoms with Crippen LogP contribution in [0.15, 0.2) is 40.5 Å². The molecule has 3 rings (SSSR count). The Hall–Kier alpha value is -2.18. The van der Waals surface area contributed by atoms with Gasteiger partial charge in [0.1, 0.15) is 0 Å². The van der Waals surface area contributed by atoms with E-state index in [2.05, 4.69) is 36.3 Å². The Bertz CT molecular complexity index is 961. The first-order valence-electron chi connectivity index (χ1n) is 8.10. The average Bonchev–Trinajstić information content (AvgIpc) is 3.09. The third kappa shape index (κ3) is 3.91. The summed E-state index contributed by atoms with van der Waals surface area (Å²) < 4.78 is 0. The Morgan fingerprint density at radius 1 is 1.24 bits per heavy atom. The van der Waals surface area contributed by atoms with Crippen LogP contribution in [-0.4, -0.2) is 22.0 Å². The lowest BCUT2D eigenvalue weighted by molar-refractivity contribution is 0.404. The van der Waals surface area contributed by atoms with Crippen LogP contribution in [-0.2, 0) is 13.1 Å². The first kappa shape index (κ1) is 17.6. The van der Waals surface area contributed by atoms with Crippen LogP contribution in [0.2, 0.25) is 0 Å². The second kappa shape index (κ2) is 7.37. The lowest BCUT2D eigenvalue weighted by Gasteiger charge is -2.24. The quantitative estimate of drug-likeness (QED) is 0.687. The number of thiophene rings is 1. The van der Waals surface area contributed by atoms with Gasteiger partial charge in [-0.1, -0.05) is 6.07 Å². The molecular weight excluding hydrogens is 350 g/mol. The molecule has 0 saturated carbocycles. The lowest BCUT2D eigenvalue weighted by atomic mass is 10.0. The van der Waals surface area contributed by atoms with Gasteiger partial charge >= 0.3 is 0 Å². The highest BCUT2D eigenvalue weighted by molar-refractivity contribution is 7.80. The maximum absolute atomic E-state index is 12.5. The molecule has 25 heavy (non-hydrogen) atoms. The Balaban J connectivity index is 1.95. The molecule has 1 aromatic carbocycles. The van der Waals surface area contributed by atoms with Crippen molar-refractivity contribution in [1.29, 1.82) is 0 Å². The van der Waals surface area contributed by atoms with Crippen molar-refractivity contribution < 1.29 is 0 Å². The zero-order valence-corrected chi connectivity index (χ0v) is 16.2. The highest BCUT2D eigenvalue weighted by Gasteiger charge is 2.14. The number of aryl methyl sites for hydroxylation is 2. The third-order valence-electron chi connectivity index (χ3n) is 4.32. The summed E-state index contributed by atoms with van der Waals surface area (Å²) in [6.07, 6.45) is 0. The number of H-pyrrole nitrogens is 1. The van der Waals surface area contributed by atoms with Crippen LogP contribution in [0.5, 0.6) is 0 Å². The van der Waals surface area contributed by atoms with Crippen LogP contribution < -0.4 is 10.9 Å². The lowest BCUT2D eigenvalue weighted by Crippen LogP contribution is -2.38. The predicted octanol–water partition coefficient (Wildman–Crippen LogP) is 3.71. The smallest absolute Gasteiger partial charge is 0.253 e. The number of hydrogen-bond donors (Lipinski definition) is 2. The summed E-state index contributed by atoms with van der Waals surface area (Å²) in [7, 11) is 1.81. The third-order valence-corrected chi connectivity index (χ3v) is 5.65. The highest BCUT2D eigenvalue weighted by Crippen LogP contribution is 2.19. The summed E-state index contributed by atoms with van der Waals surface area (Å²) >= 11 is 7.12. The molecule has 0 spiro atoms. The number of thiocarbonyl (C=S) groups is 1. The molecule has 0 fully saturated rings. The number of aromatic amines is 1. The monoisotopic (exact) mass is 371 g/mol. The number of nitrogens with zero attached hydrogens (tertiary/aromatic N) is 1. The fourth-order valence-corrected chi connectivity index (χ4v) is 3.64. The van der Waals surface area contributed by atoms with E-state index in [0.29, 0.717) is 23.8 Å². The number of rotatable bonds is 4. The zero-order chi connectivity index (χ0) is 18.0. The SMILES string of the molecule is CNC(=S)N(Cc1cccs1)Cc1cc2cc(C)c(C)cc2[nH]c1=O. The highest BCUT2D eigenvalue weighted by atomic mass is 32.1. The standard InChI is InChI=1S/C19H21N3OS2/c1-12-7-14-9-15(18(23)21-17(14)8-13(12)2)10-22(19(24)20-3)11-16-5-4-6-25-16/h4-9H,10-11H2,1-3H3,(H,20,24)(H,21,23). The Kier molecular flexibility index (Phi) is 5.20. The van der Waals surface area contributed by atoms with Crippen LogP contribution in [0.4, 0.5) is 0 Å². The van der Waals surface area contributed by atoms with E-state index in [-0.39, 0.29) is 5.56 Å². The number of nitrogens with one attached hydrogen (secondary N) is 2. The van der Waals surface area contributed by atoms with Gasteiger partial charge < -0.3 is 15.2 Å². The van der Waals surface area contributed by atoms with Gasteiger partial charge in [0.05, 0.1) is 13.1 Å². The second-order valence-electron chi connectivity index (χ2n) is 6.14. The summed E-state index contributed by atoms with van der Waals surface area (Å²) in [6.45, 7) is 5.28. The van der Waals surface area contributed by atoms with Crippen LogP contribution in [0, 0.1) is 13.8 Å². The van der Waals surface area contributed by atoms with E-state index >= 15 is 0 Å². The van der Waals surface area contributed by atoms with E-state index in [1.807, 2.05) is 28.5 Å². The van der Waals surface area contributed by atoms with Gasteiger partial charge in [0.2, 0.25) is 0 Å². The second-order valence-corrected chi connectivity index (χ2v) is 7.56. The first-order chi connectivity index (χ1) is 12.0. The minimum atomic E-state index is -0.0640. The van der Waals surface area contributed by atoms with Gasteiger partial charge in [-0.05, 0) is 72.2 Å². The van der Waals surface area contributed by atoms with E-state index in [4.69, 9.17) is 12.2 Å². The molecule has 0 bridgehead atoms. The molecule has 2 aromatic heterocycles. The normalized spacial score (nSPS) is 10.8. The van der Waals surface area contributed by atoms with Gasteiger partial charge in [-0.15, -0.1) is 11.3 Å². The van der Waals surface area contributed by atoms with Crippen molar-refractivity contribution in [3.63, 3.8) is 0 Å². The van der Waals surface area contributed by atoms with E-state index in [0.717, 1.165) is 10.9 Å². The average molecular weight is 372 g/mol. The minimum absolute atomic E-state index is 0.0640. The van der Waals surface area contributed by atoms with Gasteiger partial charge in [0.15, 0.2) is 5.11 Å². The van der Waals surface area contributed by atoms with Gasteiger partial charge in [-0.2, -0.15) is 0 Å². The van der Waals surface area contributed by atoms with Crippen molar-refractivity contribution in [3.8, 4) is 0 Å². The largest absolute Gasteiger partial charge is 0.366 e. The molecule has 0 amide bonds. The Morgan fingerprint density at radius 3 is 2.68 bits per heavy atom. The number of pyridine rings is 1. The van der Waals surface area contributed by atoms with Gasteiger partial charge in [-0.25, -0.2) is 0 Å². The Labute approximate surface area is 156 Å². The molecule has 4 nitrogen and oxygen atoms in total. The molecule has 3 aromatic rings. The molecule has 2 heterocycles. The summed E-state index contributed by atoms with van der Waals surface area (Å²) in [4.78, 5) is 18.8. The summed E-state index contributed by atoms with van der Waals surface area (Å²) in [5.74, 6) is 0. The molecule has 130 valence electrons. The van der Waals surface area contributed by atoms with Gasteiger partial charge in [-0.3, -0.25) is 4.79 Å². The van der Waals surface area contributed by atoms with Crippen molar-refractivity contribution in [2.75, 3.05) is 7.05 Å². The Morgan fingerprint density at radius 2 is 2.00 bits per heavy atom. The van der Waals surface area contributed by atoms with E-state index in [1.54, 1.807) is 18.4 Å². The van der Waals surface area contributed by atoms with E-state index < -0.39 is 0 Å². The molecule has 0 aliphatic carbocycles. The van der Waals surface area contributed by atoms with Crippen LogP contribution >= 0.6 is 23.6 Å². The van der Waals surface area contributed by atoms with Crippen molar-refractivity contribution >= 4 is 39.6 Å². The van der Waals surface area contributed by atoms with Crippen molar-refractivity contribution in [3.05, 3.63) is 67.6 Å². The zero-order valence-electron chi connectivity index (χ0n) is 14.6. The molecule has 0 unspecified atom stereocenters. The number of fused-ring (bicyclic) bond motifs is 1. The molecule has 0 atom stereocenters. The molecule has 0 aliphatic heterocycles. The molecule has 0 radical (unpaired) electrons. The minimum Gasteiger partial charge on any atom is -0.366 e. The molecule has 2 N–H and O–H groups in total. The van der Waals surface area contributed by atoms with Crippen molar-refractivity contribution in [2.45, 2.75) is 26.9 Å². The summed E-state index contributed by atoms with van der Waals surface area (Å²) in [5, 5.41) is 6.74.